The molecule has 0 aliphatic heterocycles. The van der Waals surface area contributed by atoms with Crippen LogP contribution in [0.15, 0.2) is 89.7 Å². The number of aromatic amines is 1. The standard InChI is InChI=1S/C23H17BrN4O3/c24-16-3-5-17(6-4-16)27-23(30)28-18-7-11-20(12-8-18)31-19-9-1-15(2-10-19)21(29)22-25-13-14-26-22/h1-14H,(H,25,26)(H2,27,28,30). The van der Waals surface area contributed by atoms with E-state index in [1.54, 1.807) is 66.9 Å². The number of H-pyrrole nitrogens is 1. The lowest BCUT2D eigenvalue weighted by molar-refractivity contribution is 0.103. The Kier molecular flexibility index (Phi) is 6.09. The van der Waals surface area contributed by atoms with Gasteiger partial charge in [-0.2, -0.15) is 0 Å². The summed E-state index contributed by atoms with van der Waals surface area (Å²) in [5, 5.41) is 5.53. The van der Waals surface area contributed by atoms with Crippen molar-refractivity contribution in [1.82, 2.24) is 9.97 Å². The van der Waals surface area contributed by atoms with Crippen LogP contribution in [0.4, 0.5) is 16.2 Å². The third-order valence-electron chi connectivity index (χ3n) is 4.28. The zero-order chi connectivity index (χ0) is 21.6. The molecule has 0 spiro atoms. The summed E-state index contributed by atoms with van der Waals surface area (Å²) in [5.41, 5.74) is 1.83. The Bertz CT molecular complexity index is 1170. The molecule has 0 saturated carbocycles. The van der Waals surface area contributed by atoms with Gasteiger partial charge in [0.2, 0.25) is 5.78 Å². The van der Waals surface area contributed by atoms with Gasteiger partial charge in [-0.3, -0.25) is 4.79 Å². The number of ketones is 1. The molecule has 3 N–H and O–H groups in total. The van der Waals surface area contributed by atoms with Gasteiger partial charge < -0.3 is 20.4 Å². The van der Waals surface area contributed by atoms with Crippen molar-refractivity contribution < 1.29 is 14.3 Å². The van der Waals surface area contributed by atoms with Gasteiger partial charge in [0.25, 0.3) is 0 Å². The van der Waals surface area contributed by atoms with Crippen molar-refractivity contribution in [3.05, 3.63) is 101 Å². The Labute approximate surface area is 186 Å². The lowest BCUT2D eigenvalue weighted by Gasteiger charge is -2.10. The number of anilines is 2. The molecule has 0 atom stereocenters. The van der Waals surface area contributed by atoms with Gasteiger partial charge in [-0.15, -0.1) is 0 Å². The quantitative estimate of drug-likeness (QED) is 0.304. The summed E-state index contributed by atoms with van der Waals surface area (Å²) in [6.45, 7) is 0. The van der Waals surface area contributed by atoms with Crippen LogP contribution in [-0.2, 0) is 0 Å². The Morgan fingerprint density at radius 1 is 0.806 bits per heavy atom. The van der Waals surface area contributed by atoms with E-state index in [2.05, 4.69) is 36.5 Å². The van der Waals surface area contributed by atoms with Gasteiger partial charge in [-0.1, -0.05) is 15.9 Å². The molecule has 0 fully saturated rings. The van der Waals surface area contributed by atoms with E-state index in [1.807, 2.05) is 12.1 Å². The second kappa shape index (κ2) is 9.27. The molecule has 7 nitrogen and oxygen atoms in total. The van der Waals surface area contributed by atoms with Crippen molar-refractivity contribution in [2.75, 3.05) is 10.6 Å². The largest absolute Gasteiger partial charge is 0.457 e. The summed E-state index contributed by atoms with van der Waals surface area (Å²) in [4.78, 5) is 31.1. The van der Waals surface area contributed by atoms with Crippen LogP contribution in [0.2, 0.25) is 0 Å². The Hall–Kier alpha value is -3.91. The van der Waals surface area contributed by atoms with E-state index in [0.717, 1.165) is 4.47 Å². The molecule has 3 aromatic carbocycles. The fraction of sp³-hybridized carbons (Fsp3) is 0. The number of carbonyl (C=O) groups excluding carboxylic acids is 2. The number of hydrogen-bond acceptors (Lipinski definition) is 4. The number of carbonyl (C=O) groups is 2. The molecule has 1 heterocycles. The van der Waals surface area contributed by atoms with Gasteiger partial charge >= 0.3 is 6.03 Å². The van der Waals surface area contributed by atoms with Crippen molar-refractivity contribution in [2.24, 2.45) is 0 Å². The number of amides is 2. The summed E-state index contributed by atoms with van der Waals surface area (Å²) in [7, 11) is 0. The lowest BCUT2D eigenvalue weighted by atomic mass is 10.1. The SMILES string of the molecule is O=C(Nc1ccc(Br)cc1)Nc1ccc(Oc2ccc(C(=O)c3ncc[nH]3)cc2)cc1. The van der Waals surface area contributed by atoms with E-state index >= 15 is 0 Å². The summed E-state index contributed by atoms with van der Waals surface area (Å²) < 4.78 is 6.74. The van der Waals surface area contributed by atoms with Crippen LogP contribution in [-0.4, -0.2) is 21.8 Å². The highest BCUT2D eigenvalue weighted by Gasteiger charge is 2.11. The van der Waals surface area contributed by atoms with Crippen molar-refractivity contribution in [3.8, 4) is 11.5 Å². The first-order chi connectivity index (χ1) is 15.1. The average Bonchev–Trinajstić information content (AvgIpc) is 3.32. The topological polar surface area (TPSA) is 96.1 Å². The molecule has 154 valence electrons. The van der Waals surface area contributed by atoms with Crippen LogP contribution in [0.1, 0.15) is 16.2 Å². The molecular formula is C23H17BrN4O3. The zero-order valence-electron chi connectivity index (χ0n) is 16.1. The molecule has 0 radical (unpaired) electrons. The summed E-state index contributed by atoms with van der Waals surface area (Å²) >= 11 is 3.35. The number of hydrogen-bond donors (Lipinski definition) is 3. The van der Waals surface area contributed by atoms with Crippen LogP contribution in [0.3, 0.4) is 0 Å². The highest BCUT2D eigenvalue weighted by Crippen LogP contribution is 2.24. The van der Waals surface area contributed by atoms with E-state index in [4.69, 9.17) is 4.74 Å². The lowest BCUT2D eigenvalue weighted by Crippen LogP contribution is -2.19. The smallest absolute Gasteiger partial charge is 0.323 e. The molecule has 31 heavy (non-hydrogen) atoms. The summed E-state index contributed by atoms with van der Waals surface area (Å²) in [5.74, 6) is 1.29. The highest BCUT2D eigenvalue weighted by molar-refractivity contribution is 9.10. The maximum absolute atomic E-state index is 12.3. The maximum atomic E-state index is 12.3. The molecule has 4 rings (SSSR count). The van der Waals surface area contributed by atoms with Gasteiger partial charge in [-0.25, -0.2) is 9.78 Å². The number of nitrogens with one attached hydrogen (secondary N) is 3. The van der Waals surface area contributed by atoms with Gasteiger partial charge in [0, 0.05) is 33.8 Å². The number of rotatable bonds is 6. The van der Waals surface area contributed by atoms with Crippen molar-refractivity contribution >= 4 is 39.1 Å². The van der Waals surface area contributed by atoms with Gasteiger partial charge in [0.1, 0.15) is 11.5 Å². The molecule has 0 aliphatic carbocycles. The number of benzene rings is 3. The number of ether oxygens (including phenoxy) is 1. The van der Waals surface area contributed by atoms with Gasteiger partial charge in [0.05, 0.1) is 0 Å². The number of nitrogens with zero attached hydrogens (tertiary/aromatic N) is 1. The second-order valence-electron chi connectivity index (χ2n) is 6.50. The molecule has 8 heteroatoms. The molecule has 0 unspecified atom stereocenters. The molecule has 0 saturated heterocycles. The molecular weight excluding hydrogens is 460 g/mol. The fourth-order valence-electron chi connectivity index (χ4n) is 2.77. The first-order valence-corrected chi connectivity index (χ1v) is 10.1. The Balaban J connectivity index is 1.33. The van der Waals surface area contributed by atoms with Gasteiger partial charge in [0.15, 0.2) is 5.82 Å². The van der Waals surface area contributed by atoms with Crippen LogP contribution in [0, 0.1) is 0 Å². The molecule has 1 aromatic heterocycles. The maximum Gasteiger partial charge on any atom is 0.323 e. The van der Waals surface area contributed by atoms with Crippen molar-refractivity contribution in [1.29, 1.82) is 0 Å². The third kappa shape index (κ3) is 5.37. The minimum absolute atomic E-state index is 0.187. The number of aromatic nitrogens is 2. The number of halogens is 1. The Morgan fingerprint density at radius 3 is 1.90 bits per heavy atom. The van der Waals surface area contributed by atoms with E-state index in [0.29, 0.717) is 34.3 Å². The van der Waals surface area contributed by atoms with Crippen LogP contribution in [0.25, 0.3) is 0 Å². The highest BCUT2D eigenvalue weighted by atomic mass is 79.9. The van der Waals surface area contributed by atoms with E-state index in [9.17, 15) is 9.59 Å². The molecule has 0 bridgehead atoms. The van der Waals surface area contributed by atoms with Crippen LogP contribution < -0.4 is 15.4 Å². The molecule has 2 amide bonds. The molecule has 0 aliphatic rings. The van der Waals surface area contributed by atoms with Crippen molar-refractivity contribution in [3.63, 3.8) is 0 Å². The predicted molar refractivity (Wildman–Crippen MR) is 122 cm³/mol. The number of imidazole rings is 1. The molecule has 4 aromatic rings. The van der Waals surface area contributed by atoms with Crippen molar-refractivity contribution in [2.45, 2.75) is 0 Å². The normalized spacial score (nSPS) is 10.4. The fourth-order valence-corrected chi connectivity index (χ4v) is 3.03. The predicted octanol–water partition coefficient (Wildman–Crippen LogP) is 5.84. The second-order valence-corrected chi connectivity index (χ2v) is 7.42. The number of urea groups is 1. The van der Waals surface area contributed by atoms with E-state index < -0.39 is 0 Å². The summed E-state index contributed by atoms with van der Waals surface area (Å²) in [6.07, 6.45) is 3.14. The van der Waals surface area contributed by atoms with Crippen LogP contribution in [0.5, 0.6) is 11.5 Å². The van der Waals surface area contributed by atoms with Gasteiger partial charge in [-0.05, 0) is 72.8 Å². The zero-order valence-corrected chi connectivity index (χ0v) is 17.7. The van der Waals surface area contributed by atoms with Crippen LogP contribution >= 0.6 is 15.9 Å². The average molecular weight is 477 g/mol. The minimum Gasteiger partial charge on any atom is -0.457 e. The first kappa shape index (κ1) is 20.4. The summed E-state index contributed by atoms with van der Waals surface area (Å²) in [6, 6.07) is 20.7. The van der Waals surface area contributed by atoms with E-state index in [1.165, 1.54) is 6.20 Å². The third-order valence-corrected chi connectivity index (χ3v) is 4.81. The minimum atomic E-state index is -0.340. The monoisotopic (exact) mass is 476 g/mol. The van der Waals surface area contributed by atoms with E-state index in [-0.39, 0.29) is 11.8 Å². The first-order valence-electron chi connectivity index (χ1n) is 9.32. The Morgan fingerprint density at radius 2 is 1.35 bits per heavy atom.